The van der Waals surface area contributed by atoms with Crippen LogP contribution >= 0.6 is 0 Å². The maximum absolute atomic E-state index is 13.2. The fraction of sp³-hybridized carbons (Fsp3) is 0. The summed E-state index contributed by atoms with van der Waals surface area (Å²) in [5.74, 6) is -1.52. The molecule has 0 aliphatic heterocycles. The summed E-state index contributed by atoms with van der Waals surface area (Å²) in [5, 5.41) is 14.8. The molecule has 0 aliphatic carbocycles. The van der Waals surface area contributed by atoms with Crippen LogP contribution in [0.4, 0.5) is 8.78 Å². The summed E-state index contributed by atoms with van der Waals surface area (Å²) in [6.07, 6.45) is 0. The van der Waals surface area contributed by atoms with Gasteiger partial charge in [-0.15, -0.1) is 0 Å². The van der Waals surface area contributed by atoms with Crippen LogP contribution < -0.4 is 0 Å². The summed E-state index contributed by atoms with van der Waals surface area (Å²) < 4.78 is 25.7. The first-order valence-electron chi connectivity index (χ1n) is 3.86. The van der Waals surface area contributed by atoms with Crippen LogP contribution in [0.15, 0.2) is 24.3 Å². The molecule has 2 rings (SSSR count). The van der Waals surface area contributed by atoms with Crippen molar-refractivity contribution in [2.45, 2.75) is 0 Å². The summed E-state index contributed by atoms with van der Waals surface area (Å²) in [7, 11) is 0. The topological polar surface area (TPSA) is 48.9 Å². The summed E-state index contributed by atoms with van der Waals surface area (Å²) in [6, 6.07) is 4.42. The largest absolute Gasteiger partial charge is 0.494 e. The minimum Gasteiger partial charge on any atom is -0.494 e. The van der Waals surface area contributed by atoms with E-state index in [0.717, 1.165) is 12.1 Å². The average molecular weight is 196 g/mol. The number of nitrogens with zero attached hydrogens (tertiary/aromatic N) is 1. The molecule has 0 spiro atoms. The molecule has 0 bridgehead atoms. The standard InChI is InChI=1S/C9H6F2N2O/c10-5-1-2-6(7(11)3-5)8-4-9(14)13-12-8/h1-4H,(H2,12,13,14). The second kappa shape index (κ2) is 3.10. The lowest BCUT2D eigenvalue weighted by Gasteiger charge is -1.97. The molecule has 3 nitrogen and oxygen atoms in total. The van der Waals surface area contributed by atoms with E-state index < -0.39 is 11.6 Å². The minimum atomic E-state index is -0.712. The molecule has 1 heterocycles. The van der Waals surface area contributed by atoms with E-state index in [1.54, 1.807) is 0 Å². The van der Waals surface area contributed by atoms with E-state index in [9.17, 15) is 8.78 Å². The molecule has 72 valence electrons. The van der Waals surface area contributed by atoms with Gasteiger partial charge in [-0.1, -0.05) is 0 Å². The maximum atomic E-state index is 13.2. The van der Waals surface area contributed by atoms with Gasteiger partial charge in [-0.3, -0.25) is 0 Å². The van der Waals surface area contributed by atoms with Gasteiger partial charge in [0.1, 0.15) is 11.6 Å². The normalized spacial score (nSPS) is 10.4. The second-order valence-corrected chi connectivity index (χ2v) is 2.76. The van der Waals surface area contributed by atoms with Crippen LogP contribution in [0.5, 0.6) is 5.88 Å². The van der Waals surface area contributed by atoms with Gasteiger partial charge in [0.25, 0.3) is 0 Å². The lowest BCUT2D eigenvalue weighted by Crippen LogP contribution is -1.86. The van der Waals surface area contributed by atoms with Crippen molar-refractivity contribution in [2.75, 3.05) is 0 Å². The number of aromatic amines is 1. The third-order valence-electron chi connectivity index (χ3n) is 1.77. The first-order valence-corrected chi connectivity index (χ1v) is 3.86. The molecule has 0 saturated carbocycles. The van der Waals surface area contributed by atoms with Crippen LogP contribution in [0.3, 0.4) is 0 Å². The molecule has 2 aromatic rings. The Bertz CT molecular complexity index is 468. The Morgan fingerprint density at radius 2 is 2.00 bits per heavy atom. The zero-order valence-corrected chi connectivity index (χ0v) is 6.96. The van der Waals surface area contributed by atoms with Crippen molar-refractivity contribution in [3.05, 3.63) is 35.9 Å². The quantitative estimate of drug-likeness (QED) is 0.733. The number of nitrogens with one attached hydrogen (secondary N) is 1. The fourth-order valence-electron chi connectivity index (χ4n) is 1.15. The van der Waals surface area contributed by atoms with E-state index in [1.165, 1.54) is 12.1 Å². The highest BCUT2D eigenvalue weighted by atomic mass is 19.1. The molecular formula is C9H6F2N2O. The van der Waals surface area contributed by atoms with Gasteiger partial charge in [0.2, 0.25) is 5.88 Å². The lowest BCUT2D eigenvalue weighted by molar-refractivity contribution is 0.452. The van der Waals surface area contributed by atoms with Crippen molar-refractivity contribution >= 4 is 0 Å². The van der Waals surface area contributed by atoms with Crippen LogP contribution in [-0.4, -0.2) is 15.3 Å². The van der Waals surface area contributed by atoms with Crippen molar-refractivity contribution < 1.29 is 13.9 Å². The summed E-state index contributed by atoms with van der Waals surface area (Å²) in [5.41, 5.74) is 0.378. The highest BCUT2D eigenvalue weighted by molar-refractivity contribution is 5.60. The summed E-state index contributed by atoms with van der Waals surface area (Å²) in [4.78, 5) is 0. The lowest BCUT2D eigenvalue weighted by atomic mass is 10.1. The zero-order chi connectivity index (χ0) is 10.1. The van der Waals surface area contributed by atoms with E-state index in [2.05, 4.69) is 10.2 Å². The van der Waals surface area contributed by atoms with E-state index in [1.807, 2.05) is 0 Å². The number of H-pyrrole nitrogens is 1. The predicted molar refractivity (Wildman–Crippen MR) is 45.6 cm³/mol. The van der Waals surface area contributed by atoms with Gasteiger partial charge in [0, 0.05) is 17.7 Å². The monoisotopic (exact) mass is 196 g/mol. The Morgan fingerprint density at radius 1 is 1.21 bits per heavy atom. The molecule has 14 heavy (non-hydrogen) atoms. The number of hydrogen-bond acceptors (Lipinski definition) is 2. The Morgan fingerprint density at radius 3 is 2.57 bits per heavy atom. The van der Waals surface area contributed by atoms with Crippen molar-refractivity contribution in [2.24, 2.45) is 0 Å². The molecule has 0 radical (unpaired) electrons. The highest BCUT2D eigenvalue weighted by Gasteiger charge is 2.09. The fourth-order valence-corrected chi connectivity index (χ4v) is 1.15. The molecular weight excluding hydrogens is 190 g/mol. The van der Waals surface area contributed by atoms with E-state index in [4.69, 9.17) is 5.11 Å². The van der Waals surface area contributed by atoms with E-state index in [0.29, 0.717) is 0 Å². The molecule has 5 heteroatoms. The van der Waals surface area contributed by atoms with Crippen molar-refractivity contribution in [3.63, 3.8) is 0 Å². The molecule has 0 atom stereocenters. The number of halogens is 2. The van der Waals surface area contributed by atoms with Gasteiger partial charge in [-0.25, -0.2) is 13.9 Å². The summed E-state index contributed by atoms with van der Waals surface area (Å²) >= 11 is 0. The zero-order valence-electron chi connectivity index (χ0n) is 6.96. The number of hydrogen-bond donors (Lipinski definition) is 2. The number of rotatable bonds is 1. The van der Waals surface area contributed by atoms with Crippen molar-refractivity contribution in [1.29, 1.82) is 0 Å². The molecule has 0 amide bonds. The third kappa shape index (κ3) is 1.44. The van der Waals surface area contributed by atoms with Crippen LogP contribution in [0, 0.1) is 11.6 Å². The number of benzene rings is 1. The van der Waals surface area contributed by atoms with Gasteiger partial charge in [0.05, 0.1) is 5.69 Å². The average Bonchev–Trinajstić information content (AvgIpc) is 2.51. The van der Waals surface area contributed by atoms with Crippen LogP contribution in [-0.2, 0) is 0 Å². The molecule has 1 aromatic heterocycles. The maximum Gasteiger partial charge on any atom is 0.207 e. The first kappa shape index (κ1) is 8.68. The van der Waals surface area contributed by atoms with Crippen molar-refractivity contribution in [3.8, 4) is 17.1 Å². The Balaban J connectivity index is 2.52. The summed E-state index contributed by atoms with van der Waals surface area (Å²) in [6.45, 7) is 0. The van der Waals surface area contributed by atoms with E-state index in [-0.39, 0.29) is 17.1 Å². The Labute approximate surface area is 78.0 Å². The highest BCUT2D eigenvalue weighted by Crippen LogP contribution is 2.23. The second-order valence-electron chi connectivity index (χ2n) is 2.76. The van der Waals surface area contributed by atoms with Gasteiger partial charge in [0.15, 0.2) is 0 Å². The molecule has 0 aliphatic rings. The molecule has 2 N–H and O–H groups in total. The third-order valence-corrected chi connectivity index (χ3v) is 1.77. The van der Waals surface area contributed by atoms with Crippen LogP contribution in [0.1, 0.15) is 0 Å². The number of aromatic nitrogens is 2. The van der Waals surface area contributed by atoms with Crippen molar-refractivity contribution in [1.82, 2.24) is 10.2 Å². The molecule has 0 unspecified atom stereocenters. The van der Waals surface area contributed by atoms with Crippen LogP contribution in [0.2, 0.25) is 0 Å². The van der Waals surface area contributed by atoms with Gasteiger partial charge in [-0.05, 0) is 12.1 Å². The molecule has 0 saturated heterocycles. The van der Waals surface area contributed by atoms with Gasteiger partial charge >= 0.3 is 0 Å². The smallest absolute Gasteiger partial charge is 0.207 e. The van der Waals surface area contributed by atoms with Gasteiger partial charge < -0.3 is 5.11 Å². The first-order chi connectivity index (χ1) is 6.66. The Kier molecular flexibility index (Phi) is 1.92. The van der Waals surface area contributed by atoms with Gasteiger partial charge in [-0.2, -0.15) is 5.10 Å². The SMILES string of the molecule is Oc1cc(-c2ccc(F)cc2F)n[nH]1. The van der Waals surface area contributed by atoms with E-state index >= 15 is 0 Å². The molecule has 1 aromatic carbocycles. The molecule has 0 fully saturated rings. The predicted octanol–water partition coefficient (Wildman–Crippen LogP) is 2.06. The van der Waals surface area contributed by atoms with Crippen LogP contribution in [0.25, 0.3) is 11.3 Å². The minimum absolute atomic E-state index is 0.142. The Hall–Kier alpha value is -1.91. The number of aromatic hydroxyl groups is 1.